The normalized spacial score (nSPS) is 27.3. The van der Waals surface area contributed by atoms with Crippen molar-refractivity contribution in [3.63, 3.8) is 0 Å². The van der Waals surface area contributed by atoms with Crippen molar-refractivity contribution in [1.82, 2.24) is 30.2 Å². The van der Waals surface area contributed by atoms with Gasteiger partial charge in [0.15, 0.2) is 0 Å². The van der Waals surface area contributed by atoms with Crippen LogP contribution in [-0.2, 0) is 16.0 Å². The third-order valence-corrected chi connectivity index (χ3v) is 7.65. The molecule has 4 aliphatic heterocycles. The van der Waals surface area contributed by atoms with Gasteiger partial charge in [-0.05, 0) is 26.2 Å². The molecule has 0 radical (unpaired) electrons. The minimum absolute atomic E-state index is 0.0132. The first-order chi connectivity index (χ1) is 16.5. The molecule has 3 fully saturated rings. The van der Waals surface area contributed by atoms with Crippen molar-refractivity contribution in [2.75, 3.05) is 68.0 Å². The Morgan fingerprint density at radius 1 is 1.15 bits per heavy atom. The van der Waals surface area contributed by atoms with Gasteiger partial charge in [-0.15, -0.1) is 0 Å². The number of carbonyl (C=O) groups is 1. The van der Waals surface area contributed by atoms with Crippen molar-refractivity contribution in [2.24, 2.45) is 0 Å². The smallest absolute Gasteiger partial charge is 0.237 e. The molecule has 11 nitrogen and oxygen atoms in total. The predicted molar refractivity (Wildman–Crippen MR) is 128 cm³/mol. The molecular formula is C23H31N9O2. The molecule has 2 aromatic heterocycles. The molecule has 1 amide bonds. The molecule has 2 unspecified atom stereocenters. The van der Waals surface area contributed by atoms with Crippen LogP contribution in [0.25, 0.3) is 11.3 Å². The molecule has 34 heavy (non-hydrogen) atoms. The largest absolute Gasteiger partial charge is 0.378 e. The number of nitrogens with two attached hydrogens (primary N) is 1. The summed E-state index contributed by atoms with van der Waals surface area (Å²) in [5.41, 5.74) is 8.50. The molecule has 0 bridgehead atoms. The van der Waals surface area contributed by atoms with Crippen molar-refractivity contribution in [1.29, 1.82) is 0 Å². The minimum atomic E-state index is -0.0976. The molecule has 6 rings (SSSR count). The maximum atomic E-state index is 12.3. The molecule has 0 spiro atoms. The van der Waals surface area contributed by atoms with Crippen molar-refractivity contribution in [3.8, 4) is 11.3 Å². The Hall–Kier alpha value is -3.05. The Morgan fingerprint density at radius 2 is 1.94 bits per heavy atom. The average Bonchev–Trinajstić information content (AvgIpc) is 3.58. The van der Waals surface area contributed by atoms with Gasteiger partial charge in [-0.3, -0.25) is 9.69 Å². The summed E-state index contributed by atoms with van der Waals surface area (Å²) in [5.74, 6) is 2.12. The van der Waals surface area contributed by atoms with Gasteiger partial charge in [-0.25, -0.2) is 15.0 Å². The summed E-state index contributed by atoms with van der Waals surface area (Å²) in [6, 6.07) is -0.0132. The molecule has 0 aromatic carbocycles. The molecule has 3 N–H and O–H groups in total. The quantitative estimate of drug-likeness (QED) is 0.640. The number of hydrogen-bond acceptors (Lipinski definition) is 10. The third-order valence-electron chi connectivity index (χ3n) is 7.65. The van der Waals surface area contributed by atoms with E-state index in [1.54, 1.807) is 12.4 Å². The van der Waals surface area contributed by atoms with E-state index in [0.717, 1.165) is 87.1 Å². The Balaban J connectivity index is 1.37. The lowest BCUT2D eigenvalue weighted by molar-refractivity contribution is -0.123. The molecule has 0 saturated carbocycles. The molecule has 6 heterocycles. The first-order valence-corrected chi connectivity index (χ1v) is 12.1. The Kier molecular flexibility index (Phi) is 5.25. The van der Waals surface area contributed by atoms with Gasteiger partial charge in [-0.2, -0.15) is 4.98 Å². The summed E-state index contributed by atoms with van der Waals surface area (Å²) in [6.45, 7) is 8.57. The van der Waals surface area contributed by atoms with Gasteiger partial charge in [0.1, 0.15) is 5.82 Å². The Morgan fingerprint density at radius 3 is 2.68 bits per heavy atom. The van der Waals surface area contributed by atoms with Gasteiger partial charge in [0.25, 0.3) is 0 Å². The number of carbonyl (C=O) groups excluding carboxylic acids is 1. The second-order valence-electron chi connectivity index (χ2n) is 9.82. The van der Waals surface area contributed by atoms with Crippen LogP contribution in [0.1, 0.15) is 25.3 Å². The number of rotatable bonds is 4. The highest BCUT2D eigenvalue weighted by Crippen LogP contribution is 2.42. The summed E-state index contributed by atoms with van der Waals surface area (Å²) in [6.07, 6.45) is 6.23. The van der Waals surface area contributed by atoms with E-state index < -0.39 is 0 Å². The molecule has 3 saturated heterocycles. The Bertz CT molecular complexity index is 1090. The number of hydrogen-bond donors (Lipinski definition) is 2. The second kappa shape index (κ2) is 8.31. The number of nitrogens with zero attached hydrogens (tertiary/aromatic N) is 7. The van der Waals surface area contributed by atoms with E-state index in [4.69, 9.17) is 20.4 Å². The van der Waals surface area contributed by atoms with E-state index in [0.29, 0.717) is 13.2 Å². The van der Waals surface area contributed by atoms with Gasteiger partial charge < -0.3 is 25.6 Å². The van der Waals surface area contributed by atoms with Gasteiger partial charge >= 0.3 is 0 Å². The fourth-order valence-electron chi connectivity index (χ4n) is 5.77. The van der Waals surface area contributed by atoms with E-state index in [9.17, 15) is 4.79 Å². The van der Waals surface area contributed by atoms with Crippen LogP contribution < -0.4 is 20.9 Å². The maximum absolute atomic E-state index is 12.3. The number of aromatic nitrogens is 4. The lowest BCUT2D eigenvalue weighted by Gasteiger charge is -2.38. The Labute approximate surface area is 198 Å². The van der Waals surface area contributed by atoms with Gasteiger partial charge in [0.05, 0.1) is 30.5 Å². The van der Waals surface area contributed by atoms with Gasteiger partial charge in [-0.1, -0.05) is 0 Å². The molecule has 11 heteroatoms. The first kappa shape index (κ1) is 21.5. The number of nitrogens with one attached hydrogen (secondary N) is 1. The molecular weight excluding hydrogens is 434 g/mol. The van der Waals surface area contributed by atoms with Gasteiger partial charge in [0, 0.05) is 62.8 Å². The summed E-state index contributed by atoms with van der Waals surface area (Å²) in [7, 11) is 0. The fraction of sp³-hybridized carbons (Fsp3) is 0.609. The second-order valence-corrected chi connectivity index (χ2v) is 9.82. The zero-order valence-corrected chi connectivity index (χ0v) is 19.5. The third kappa shape index (κ3) is 3.63. The lowest BCUT2D eigenvalue weighted by Crippen LogP contribution is -2.50. The molecule has 180 valence electrons. The van der Waals surface area contributed by atoms with Crippen LogP contribution in [0, 0.1) is 0 Å². The molecule has 4 aliphatic rings. The van der Waals surface area contributed by atoms with E-state index in [-0.39, 0.29) is 23.4 Å². The zero-order valence-electron chi connectivity index (χ0n) is 19.5. The van der Waals surface area contributed by atoms with Crippen LogP contribution in [-0.4, -0.2) is 94.8 Å². The fourth-order valence-corrected chi connectivity index (χ4v) is 5.77. The predicted octanol–water partition coefficient (Wildman–Crippen LogP) is 0.0678. The molecule has 2 aromatic rings. The summed E-state index contributed by atoms with van der Waals surface area (Å²) < 4.78 is 5.55. The highest BCUT2D eigenvalue weighted by Gasteiger charge is 2.46. The number of anilines is 3. The number of nitrogen functional groups attached to an aromatic ring is 1. The van der Waals surface area contributed by atoms with Crippen molar-refractivity contribution >= 4 is 23.6 Å². The average molecular weight is 466 g/mol. The number of ether oxygens (including phenoxy) is 1. The van der Waals surface area contributed by atoms with Crippen LogP contribution >= 0.6 is 0 Å². The minimum Gasteiger partial charge on any atom is -0.378 e. The zero-order chi connectivity index (χ0) is 23.3. The first-order valence-electron chi connectivity index (χ1n) is 12.1. The number of amides is 1. The van der Waals surface area contributed by atoms with Crippen LogP contribution in [0.5, 0.6) is 0 Å². The standard InChI is InChI=1S/C23H31N9O2/c1-23(4-7-31(14-23)17-2-5-25-20(17)33)32-6-3-16-18(15-12-26-21(24)27-13-15)28-22(29-19(16)32)30-8-10-34-11-9-30/h12-13,17H,2-11,14H2,1H3,(H,25,33)(H2,24,26,27). The number of likely N-dealkylation sites (tertiary alicyclic amines) is 1. The topological polar surface area (TPSA) is 126 Å². The summed E-state index contributed by atoms with van der Waals surface area (Å²) >= 11 is 0. The van der Waals surface area contributed by atoms with E-state index in [1.807, 2.05) is 0 Å². The SMILES string of the molecule is CC1(N2CCc3c(-c4cnc(N)nc4)nc(N4CCOCC4)nc32)CCN(C2CCNC2=O)C1. The van der Waals surface area contributed by atoms with Crippen molar-refractivity contribution in [3.05, 3.63) is 18.0 Å². The molecule has 2 atom stereocenters. The van der Waals surface area contributed by atoms with Crippen LogP contribution in [0.4, 0.5) is 17.7 Å². The van der Waals surface area contributed by atoms with E-state index in [1.165, 1.54) is 0 Å². The highest BCUT2D eigenvalue weighted by molar-refractivity contribution is 5.83. The maximum Gasteiger partial charge on any atom is 0.237 e. The summed E-state index contributed by atoms with van der Waals surface area (Å²) in [4.78, 5) is 37.8. The van der Waals surface area contributed by atoms with Crippen LogP contribution in [0.15, 0.2) is 12.4 Å². The van der Waals surface area contributed by atoms with Gasteiger partial charge in [0.2, 0.25) is 17.8 Å². The number of fused-ring (bicyclic) bond motifs is 1. The summed E-state index contributed by atoms with van der Waals surface area (Å²) in [5, 5.41) is 2.98. The highest BCUT2D eigenvalue weighted by atomic mass is 16.5. The van der Waals surface area contributed by atoms with Crippen LogP contribution in [0.3, 0.4) is 0 Å². The lowest BCUT2D eigenvalue weighted by atomic mass is 9.99. The van der Waals surface area contributed by atoms with E-state index in [2.05, 4.69) is 36.9 Å². The van der Waals surface area contributed by atoms with E-state index >= 15 is 0 Å². The van der Waals surface area contributed by atoms with Crippen molar-refractivity contribution < 1.29 is 9.53 Å². The van der Waals surface area contributed by atoms with Crippen molar-refractivity contribution in [2.45, 2.75) is 37.8 Å². The monoisotopic (exact) mass is 465 g/mol. The number of morpholine rings is 1. The molecule has 0 aliphatic carbocycles. The van der Waals surface area contributed by atoms with Crippen LogP contribution in [0.2, 0.25) is 0 Å².